The van der Waals surface area contributed by atoms with Gasteiger partial charge in [-0.05, 0) is 30.5 Å². The number of rotatable bonds is 3. The van der Waals surface area contributed by atoms with Crippen LogP contribution in [0.15, 0.2) is 42.5 Å². The number of carbonyl (C=O) groups is 2. The zero-order valence-corrected chi connectivity index (χ0v) is 14.7. The molecule has 0 aliphatic carbocycles. The third kappa shape index (κ3) is 3.72. The minimum atomic E-state index is -1.000. The van der Waals surface area contributed by atoms with Gasteiger partial charge in [0.1, 0.15) is 6.04 Å². The monoisotopic (exact) mass is 378 g/mol. The Hall–Kier alpha value is -2.24. The number of anilines is 1. The van der Waals surface area contributed by atoms with Gasteiger partial charge in [-0.1, -0.05) is 53.5 Å². The van der Waals surface area contributed by atoms with E-state index in [2.05, 4.69) is 5.32 Å². The van der Waals surface area contributed by atoms with E-state index in [4.69, 9.17) is 23.2 Å². The summed E-state index contributed by atoms with van der Waals surface area (Å²) in [6.07, 6.45) is 1.11. The smallest absolute Gasteiger partial charge is 0.326 e. The minimum Gasteiger partial charge on any atom is -0.480 e. The standard InChI is InChI=1S/C18H16Cl2N2O3/c19-12-9-13(20)16(11-5-2-1-3-6-11)14(10-12)21-18(25)22-8-4-7-15(22)17(23)24/h1-3,5-6,9-10,15H,4,7-8H2,(H,21,25)(H,23,24). The third-order valence-electron chi connectivity index (χ3n) is 4.16. The molecule has 1 fully saturated rings. The number of likely N-dealkylation sites (tertiary alicyclic amines) is 1. The Morgan fingerprint density at radius 1 is 1.16 bits per heavy atom. The lowest BCUT2D eigenvalue weighted by Crippen LogP contribution is -2.42. The number of carboxylic acid groups (broad SMARTS) is 1. The van der Waals surface area contributed by atoms with Crippen LogP contribution in [0.3, 0.4) is 0 Å². The summed E-state index contributed by atoms with van der Waals surface area (Å²) in [4.78, 5) is 25.2. The molecule has 1 aliphatic rings. The van der Waals surface area contributed by atoms with Crippen molar-refractivity contribution in [3.8, 4) is 11.1 Å². The number of halogens is 2. The Morgan fingerprint density at radius 3 is 2.56 bits per heavy atom. The molecular weight excluding hydrogens is 363 g/mol. The highest BCUT2D eigenvalue weighted by Gasteiger charge is 2.34. The van der Waals surface area contributed by atoms with Gasteiger partial charge in [0.2, 0.25) is 0 Å². The Bertz CT molecular complexity index is 811. The van der Waals surface area contributed by atoms with Crippen molar-refractivity contribution in [2.75, 3.05) is 11.9 Å². The predicted octanol–water partition coefficient (Wildman–Crippen LogP) is 4.74. The fourth-order valence-corrected chi connectivity index (χ4v) is 3.63. The van der Waals surface area contributed by atoms with Crippen LogP contribution in [0, 0.1) is 0 Å². The van der Waals surface area contributed by atoms with Crippen molar-refractivity contribution in [1.82, 2.24) is 4.90 Å². The van der Waals surface area contributed by atoms with E-state index in [1.807, 2.05) is 30.3 Å². The van der Waals surface area contributed by atoms with E-state index in [0.29, 0.717) is 40.7 Å². The van der Waals surface area contributed by atoms with Gasteiger partial charge in [-0.3, -0.25) is 0 Å². The fourth-order valence-electron chi connectivity index (χ4n) is 3.02. The number of urea groups is 1. The van der Waals surface area contributed by atoms with Gasteiger partial charge in [-0.2, -0.15) is 0 Å². The number of nitrogens with zero attached hydrogens (tertiary/aromatic N) is 1. The van der Waals surface area contributed by atoms with Gasteiger partial charge in [0.05, 0.1) is 10.7 Å². The SMILES string of the molecule is O=C(O)C1CCCN1C(=O)Nc1cc(Cl)cc(Cl)c1-c1ccccc1. The van der Waals surface area contributed by atoms with Crippen molar-refractivity contribution in [1.29, 1.82) is 0 Å². The molecule has 1 saturated heterocycles. The molecule has 0 saturated carbocycles. The molecule has 5 nitrogen and oxygen atoms in total. The maximum absolute atomic E-state index is 12.6. The molecule has 2 aromatic rings. The normalized spacial score (nSPS) is 16.7. The quantitative estimate of drug-likeness (QED) is 0.809. The average molecular weight is 379 g/mol. The molecule has 7 heteroatoms. The van der Waals surface area contributed by atoms with Crippen LogP contribution in [0.1, 0.15) is 12.8 Å². The molecule has 0 radical (unpaired) electrons. The molecule has 2 aromatic carbocycles. The predicted molar refractivity (Wildman–Crippen MR) is 98.3 cm³/mol. The summed E-state index contributed by atoms with van der Waals surface area (Å²) < 4.78 is 0. The zero-order valence-electron chi connectivity index (χ0n) is 13.2. The van der Waals surface area contributed by atoms with Gasteiger partial charge in [0, 0.05) is 17.1 Å². The second-order valence-electron chi connectivity index (χ2n) is 5.80. The summed E-state index contributed by atoms with van der Waals surface area (Å²) >= 11 is 12.4. The first-order valence-electron chi connectivity index (χ1n) is 7.82. The summed E-state index contributed by atoms with van der Waals surface area (Å²) in [6.45, 7) is 0.401. The van der Waals surface area contributed by atoms with Crippen LogP contribution >= 0.6 is 23.2 Å². The van der Waals surface area contributed by atoms with Gasteiger partial charge in [0.15, 0.2) is 0 Å². The molecule has 130 valence electrons. The molecule has 0 aromatic heterocycles. The van der Waals surface area contributed by atoms with Gasteiger partial charge >= 0.3 is 12.0 Å². The Balaban J connectivity index is 1.95. The molecule has 2 N–H and O–H groups in total. The molecule has 1 atom stereocenters. The van der Waals surface area contributed by atoms with E-state index in [1.165, 1.54) is 4.90 Å². The third-order valence-corrected chi connectivity index (χ3v) is 4.67. The highest BCUT2D eigenvalue weighted by atomic mass is 35.5. The number of benzene rings is 2. The van der Waals surface area contributed by atoms with Crippen LogP contribution in [0.4, 0.5) is 10.5 Å². The largest absolute Gasteiger partial charge is 0.480 e. The molecule has 0 bridgehead atoms. The molecule has 0 spiro atoms. The molecule has 25 heavy (non-hydrogen) atoms. The highest BCUT2D eigenvalue weighted by molar-refractivity contribution is 6.37. The van der Waals surface area contributed by atoms with Crippen molar-refractivity contribution < 1.29 is 14.7 Å². The van der Waals surface area contributed by atoms with Crippen LogP contribution in [-0.2, 0) is 4.79 Å². The van der Waals surface area contributed by atoms with E-state index in [1.54, 1.807) is 12.1 Å². The number of hydrogen-bond donors (Lipinski definition) is 2. The van der Waals surface area contributed by atoms with Crippen LogP contribution < -0.4 is 5.32 Å². The van der Waals surface area contributed by atoms with Crippen molar-refractivity contribution in [2.24, 2.45) is 0 Å². The summed E-state index contributed by atoms with van der Waals surface area (Å²) in [5.74, 6) is -1.000. The number of hydrogen-bond acceptors (Lipinski definition) is 2. The van der Waals surface area contributed by atoms with E-state index in [0.717, 1.165) is 5.56 Å². The molecular formula is C18H16Cl2N2O3. The topological polar surface area (TPSA) is 69.6 Å². The summed E-state index contributed by atoms with van der Waals surface area (Å²) in [5.41, 5.74) is 1.92. The number of aliphatic carboxylic acids is 1. The molecule has 1 heterocycles. The maximum atomic E-state index is 12.6. The second-order valence-corrected chi connectivity index (χ2v) is 6.64. The fraction of sp³-hybridized carbons (Fsp3) is 0.222. The molecule has 1 unspecified atom stereocenters. The van der Waals surface area contributed by atoms with Crippen LogP contribution in [-0.4, -0.2) is 34.6 Å². The average Bonchev–Trinajstić information content (AvgIpc) is 3.05. The lowest BCUT2D eigenvalue weighted by atomic mass is 10.0. The molecule has 3 rings (SSSR count). The van der Waals surface area contributed by atoms with Crippen LogP contribution in [0.2, 0.25) is 10.0 Å². The minimum absolute atomic E-state index is 0.385. The van der Waals surface area contributed by atoms with Crippen molar-refractivity contribution >= 4 is 40.9 Å². The lowest BCUT2D eigenvalue weighted by molar-refractivity contribution is -0.141. The maximum Gasteiger partial charge on any atom is 0.326 e. The zero-order chi connectivity index (χ0) is 18.0. The number of carboxylic acids is 1. The van der Waals surface area contributed by atoms with Gasteiger partial charge in [0.25, 0.3) is 0 Å². The van der Waals surface area contributed by atoms with E-state index < -0.39 is 18.0 Å². The highest BCUT2D eigenvalue weighted by Crippen LogP contribution is 2.38. The van der Waals surface area contributed by atoms with Crippen molar-refractivity contribution in [3.05, 3.63) is 52.5 Å². The Kier molecular flexibility index (Phi) is 5.16. The van der Waals surface area contributed by atoms with E-state index in [-0.39, 0.29) is 0 Å². The second kappa shape index (κ2) is 7.33. The van der Waals surface area contributed by atoms with Crippen molar-refractivity contribution in [3.63, 3.8) is 0 Å². The lowest BCUT2D eigenvalue weighted by Gasteiger charge is -2.23. The first-order valence-corrected chi connectivity index (χ1v) is 8.58. The van der Waals surface area contributed by atoms with Crippen LogP contribution in [0.25, 0.3) is 11.1 Å². The number of carbonyl (C=O) groups excluding carboxylic acids is 1. The Labute approximate surface area is 155 Å². The van der Waals surface area contributed by atoms with Gasteiger partial charge in [-0.25, -0.2) is 9.59 Å². The van der Waals surface area contributed by atoms with Crippen molar-refractivity contribution in [2.45, 2.75) is 18.9 Å². The van der Waals surface area contributed by atoms with Gasteiger partial charge in [-0.15, -0.1) is 0 Å². The number of nitrogens with one attached hydrogen (secondary N) is 1. The van der Waals surface area contributed by atoms with E-state index >= 15 is 0 Å². The summed E-state index contributed by atoms with van der Waals surface area (Å²) in [5, 5.41) is 12.8. The van der Waals surface area contributed by atoms with Gasteiger partial charge < -0.3 is 15.3 Å². The first-order chi connectivity index (χ1) is 12.0. The Morgan fingerprint density at radius 2 is 1.88 bits per heavy atom. The van der Waals surface area contributed by atoms with Crippen LogP contribution in [0.5, 0.6) is 0 Å². The summed E-state index contributed by atoms with van der Waals surface area (Å²) in [7, 11) is 0. The molecule has 1 aliphatic heterocycles. The first kappa shape index (κ1) is 17.6. The van der Waals surface area contributed by atoms with E-state index in [9.17, 15) is 14.7 Å². The summed E-state index contributed by atoms with van der Waals surface area (Å²) in [6, 6.07) is 11.3. The molecule has 2 amide bonds. The number of amides is 2.